The van der Waals surface area contributed by atoms with Gasteiger partial charge in [0.1, 0.15) is 5.82 Å². The fraction of sp³-hybridized carbons (Fsp3) is 0.444. The van der Waals surface area contributed by atoms with Gasteiger partial charge in [-0.3, -0.25) is 0 Å². The zero-order valence-electron chi connectivity index (χ0n) is 8.05. The number of allylic oxidation sites excluding steroid dienone is 1. The number of hydrogen-bond acceptors (Lipinski definition) is 2. The summed E-state index contributed by atoms with van der Waals surface area (Å²) in [7, 11) is 1.89. The van der Waals surface area contributed by atoms with Crippen molar-refractivity contribution in [2.75, 3.05) is 7.05 Å². The van der Waals surface area contributed by atoms with Crippen LogP contribution < -0.4 is 5.32 Å². The highest BCUT2D eigenvalue weighted by atomic mass is 15.3. The predicted octanol–water partition coefficient (Wildman–Crippen LogP) is 1.54. The van der Waals surface area contributed by atoms with Gasteiger partial charge in [-0.2, -0.15) is 5.10 Å². The van der Waals surface area contributed by atoms with Crippen LogP contribution in [0.1, 0.15) is 18.3 Å². The molecule has 0 saturated heterocycles. The molecule has 0 bridgehead atoms. The SMILES string of the molecule is C/C=C(\NC)n1nc(C)cc1C. The smallest absolute Gasteiger partial charge is 0.123 e. The van der Waals surface area contributed by atoms with E-state index in [9.17, 15) is 0 Å². The van der Waals surface area contributed by atoms with E-state index in [1.807, 2.05) is 38.6 Å². The fourth-order valence-corrected chi connectivity index (χ4v) is 1.25. The molecule has 1 heterocycles. The average Bonchev–Trinajstić information content (AvgIpc) is 2.34. The standard InChI is InChI=1S/C9H15N3/c1-5-9(10-4)12-8(3)6-7(2)11-12/h5-6,10H,1-4H3/b9-5+. The van der Waals surface area contributed by atoms with Crippen LogP contribution in [-0.2, 0) is 0 Å². The van der Waals surface area contributed by atoms with Crippen molar-refractivity contribution >= 4 is 5.82 Å². The Bertz CT molecular complexity index is 297. The van der Waals surface area contributed by atoms with Crippen molar-refractivity contribution in [3.63, 3.8) is 0 Å². The first-order valence-corrected chi connectivity index (χ1v) is 4.06. The van der Waals surface area contributed by atoms with E-state index in [2.05, 4.69) is 16.5 Å². The van der Waals surface area contributed by atoms with Crippen molar-refractivity contribution in [1.82, 2.24) is 15.1 Å². The van der Waals surface area contributed by atoms with Crippen LogP contribution in [-0.4, -0.2) is 16.8 Å². The molecule has 1 N–H and O–H groups in total. The van der Waals surface area contributed by atoms with Gasteiger partial charge in [0.15, 0.2) is 0 Å². The van der Waals surface area contributed by atoms with Crippen LogP contribution in [0, 0.1) is 13.8 Å². The minimum atomic E-state index is 1.01. The van der Waals surface area contributed by atoms with Crippen LogP contribution in [0.3, 0.4) is 0 Å². The van der Waals surface area contributed by atoms with Crippen LogP contribution in [0.25, 0.3) is 5.82 Å². The maximum Gasteiger partial charge on any atom is 0.123 e. The zero-order chi connectivity index (χ0) is 9.14. The molecule has 3 heteroatoms. The van der Waals surface area contributed by atoms with Gasteiger partial charge in [0, 0.05) is 12.7 Å². The number of aryl methyl sites for hydroxylation is 2. The molecular weight excluding hydrogens is 150 g/mol. The summed E-state index contributed by atoms with van der Waals surface area (Å²) in [6.07, 6.45) is 2.00. The van der Waals surface area contributed by atoms with Gasteiger partial charge in [0.2, 0.25) is 0 Å². The third kappa shape index (κ3) is 1.49. The highest BCUT2D eigenvalue weighted by molar-refractivity contribution is 5.42. The van der Waals surface area contributed by atoms with Gasteiger partial charge in [-0.15, -0.1) is 0 Å². The molecule has 0 spiro atoms. The lowest BCUT2D eigenvalue weighted by Gasteiger charge is -2.07. The first-order chi connectivity index (χ1) is 5.69. The maximum absolute atomic E-state index is 4.34. The van der Waals surface area contributed by atoms with Gasteiger partial charge in [0.05, 0.1) is 5.69 Å². The number of rotatable bonds is 2. The van der Waals surface area contributed by atoms with Crippen molar-refractivity contribution in [1.29, 1.82) is 0 Å². The Morgan fingerprint density at radius 1 is 1.58 bits per heavy atom. The molecular formula is C9H15N3. The van der Waals surface area contributed by atoms with Gasteiger partial charge in [-0.05, 0) is 32.9 Å². The minimum absolute atomic E-state index is 1.01. The number of hydrogen-bond donors (Lipinski definition) is 1. The Hall–Kier alpha value is -1.25. The molecule has 0 aromatic carbocycles. The van der Waals surface area contributed by atoms with E-state index in [1.54, 1.807) is 0 Å². The summed E-state index contributed by atoms with van der Waals surface area (Å²) in [5, 5.41) is 7.42. The molecule has 1 aromatic rings. The summed E-state index contributed by atoms with van der Waals surface area (Å²) in [5.41, 5.74) is 2.19. The molecule has 1 rings (SSSR count). The molecule has 3 nitrogen and oxygen atoms in total. The summed E-state index contributed by atoms with van der Waals surface area (Å²) in [4.78, 5) is 0. The normalized spacial score (nSPS) is 11.8. The third-order valence-electron chi connectivity index (χ3n) is 1.77. The molecule has 0 unspecified atom stereocenters. The van der Waals surface area contributed by atoms with E-state index in [-0.39, 0.29) is 0 Å². The Morgan fingerprint density at radius 3 is 2.58 bits per heavy atom. The van der Waals surface area contributed by atoms with Crippen molar-refractivity contribution in [3.05, 3.63) is 23.5 Å². The molecule has 0 atom stereocenters. The Labute approximate surface area is 73.1 Å². The summed E-state index contributed by atoms with van der Waals surface area (Å²) in [5.74, 6) is 1.01. The number of nitrogens with zero attached hydrogens (tertiary/aromatic N) is 2. The zero-order valence-corrected chi connectivity index (χ0v) is 8.05. The van der Waals surface area contributed by atoms with Crippen molar-refractivity contribution < 1.29 is 0 Å². The Kier molecular flexibility index (Phi) is 2.53. The lowest BCUT2D eigenvalue weighted by atomic mass is 10.4. The number of nitrogens with one attached hydrogen (secondary N) is 1. The molecule has 66 valence electrons. The van der Waals surface area contributed by atoms with Crippen LogP contribution in [0.5, 0.6) is 0 Å². The van der Waals surface area contributed by atoms with Gasteiger partial charge < -0.3 is 5.32 Å². The Morgan fingerprint density at radius 2 is 2.25 bits per heavy atom. The molecule has 12 heavy (non-hydrogen) atoms. The van der Waals surface area contributed by atoms with Gasteiger partial charge in [0.25, 0.3) is 0 Å². The lowest BCUT2D eigenvalue weighted by molar-refractivity contribution is 0.799. The van der Waals surface area contributed by atoms with Gasteiger partial charge in [-0.1, -0.05) is 0 Å². The van der Waals surface area contributed by atoms with Crippen LogP contribution in [0.4, 0.5) is 0 Å². The maximum atomic E-state index is 4.34. The quantitative estimate of drug-likeness (QED) is 0.720. The molecule has 0 amide bonds. The minimum Gasteiger partial charge on any atom is -0.373 e. The van der Waals surface area contributed by atoms with E-state index in [4.69, 9.17) is 0 Å². The van der Waals surface area contributed by atoms with Crippen LogP contribution in [0.15, 0.2) is 12.1 Å². The van der Waals surface area contributed by atoms with Gasteiger partial charge >= 0.3 is 0 Å². The fourth-order valence-electron chi connectivity index (χ4n) is 1.25. The number of aromatic nitrogens is 2. The second kappa shape index (κ2) is 3.43. The van der Waals surface area contributed by atoms with E-state index in [0.717, 1.165) is 17.2 Å². The van der Waals surface area contributed by atoms with E-state index in [1.165, 1.54) is 0 Å². The summed E-state index contributed by atoms with van der Waals surface area (Å²) >= 11 is 0. The summed E-state index contributed by atoms with van der Waals surface area (Å²) < 4.78 is 1.90. The monoisotopic (exact) mass is 165 g/mol. The van der Waals surface area contributed by atoms with Crippen molar-refractivity contribution in [3.8, 4) is 0 Å². The highest BCUT2D eigenvalue weighted by Crippen LogP contribution is 2.06. The van der Waals surface area contributed by atoms with E-state index >= 15 is 0 Å². The third-order valence-corrected chi connectivity index (χ3v) is 1.77. The van der Waals surface area contributed by atoms with Crippen molar-refractivity contribution in [2.45, 2.75) is 20.8 Å². The van der Waals surface area contributed by atoms with E-state index in [0.29, 0.717) is 0 Å². The molecule has 0 aliphatic carbocycles. The average molecular weight is 165 g/mol. The topological polar surface area (TPSA) is 29.9 Å². The molecule has 0 radical (unpaired) electrons. The highest BCUT2D eigenvalue weighted by Gasteiger charge is 2.02. The molecule has 1 aromatic heterocycles. The van der Waals surface area contributed by atoms with Crippen LogP contribution >= 0.6 is 0 Å². The molecule has 0 aliphatic rings. The molecule has 0 fully saturated rings. The van der Waals surface area contributed by atoms with Crippen LogP contribution in [0.2, 0.25) is 0 Å². The van der Waals surface area contributed by atoms with E-state index < -0.39 is 0 Å². The Balaban J connectivity index is 3.09. The summed E-state index contributed by atoms with van der Waals surface area (Å²) in [6, 6.07) is 2.06. The summed E-state index contributed by atoms with van der Waals surface area (Å²) in [6.45, 7) is 6.02. The lowest BCUT2D eigenvalue weighted by Crippen LogP contribution is -2.14. The first kappa shape index (κ1) is 8.84. The van der Waals surface area contributed by atoms with Crippen molar-refractivity contribution in [2.24, 2.45) is 0 Å². The first-order valence-electron chi connectivity index (χ1n) is 4.06. The predicted molar refractivity (Wildman–Crippen MR) is 50.7 cm³/mol. The largest absolute Gasteiger partial charge is 0.373 e. The molecule has 0 saturated carbocycles. The molecule has 0 aliphatic heterocycles. The second-order valence-corrected chi connectivity index (χ2v) is 2.76. The second-order valence-electron chi connectivity index (χ2n) is 2.76. The van der Waals surface area contributed by atoms with Gasteiger partial charge in [-0.25, -0.2) is 4.68 Å².